The molecule has 0 aliphatic carbocycles. The molecule has 1 atom stereocenters. The maximum atomic E-state index is 13.8. The van der Waals surface area contributed by atoms with Crippen LogP contribution in [-0.4, -0.2) is 30.4 Å². The predicted molar refractivity (Wildman–Crippen MR) is 103 cm³/mol. The topological polar surface area (TPSA) is 84.5 Å². The van der Waals surface area contributed by atoms with Crippen LogP contribution in [0.4, 0.5) is 10.1 Å². The third kappa shape index (κ3) is 5.90. The highest BCUT2D eigenvalue weighted by atomic mass is 19.1. The number of carbonyl (C=O) groups is 3. The Bertz CT molecular complexity index is 867. The van der Waals surface area contributed by atoms with Gasteiger partial charge in [-0.15, -0.1) is 0 Å². The molecule has 6 nitrogen and oxygen atoms in total. The molecule has 0 aliphatic heterocycles. The molecule has 2 amide bonds. The summed E-state index contributed by atoms with van der Waals surface area (Å²) in [6.45, 7) is 4.81. The van der Waals surface area contributed by atoms with E-state index < -0.39 is 36.2 Å². The van der Waals surface area contributed by atoms with Crippen LogP contribution in [0.2, 0.25) is 0 Å². The molecule has 2 aromatic carbocycles. The predicted octanol–water partition coefficient (Wildman–Crippen LogP) is 3.07. The van der Waals surface area contributed by atoms with Gasteiger partial charge in [0.2, 0.25) is 0 Å². The molecule has 0 bridgehead atoms. The summed E-state index contributed by atoms with van der Waals surface area (Å²) in [7, 11) is 0. The first-order valence-corrected chi connectivity index (χ1v) is 8.86. The van der Waals surface area contributed by atoms with Gasteiger partial charge in [0, 0.05) is 5.69 Å². The summed E-state index contributed by atoms with van der Waals surface area (Å²) in [6, 6.07) is 11.6. The van der Waals surface area contributed by atoms with Gasteiger partial charge in [-0.3, -0.25) is 9.59 Å². The summed E-state index contributed by atoms with van der Waals surface area (Å²) in [6.07, 6.45) is 0. The lowest BCUT2D eigenvalue weighted by atomic mass is 10.0. The summed E-state index contributed by atoms with van der Waals surface area (Å²) in [5.74, 6) is -2.99. The van der Waals surface area contributed by atoms with Crippen molar-refractivity contribution in [2.24, 2.45) is 5.92 Å². The fraction of sp³-hybridized carbons (Fsp3) is 0.286. The molecule has 0 saturated carbocycles. The van der Waals surface area contributed by atoms with E-state index in [1.165, 1.54) is 18.2 Å². The van der Waals surface area contributed by atoms with Gasteiger partial charge in [0.25, 0.3) is 11.8 Å². The highest BCUT2D eigenvalue weighted by Gasteiger charge is 2.27. The van der Waals surface area contributed by atoms with Crippen molar-refractivity contribution < 1.29 is 23.5 Å². The molecule has 0 aromatic heterocycles. The molecular weight excluding hydrogens is 363 g/mol. The van der Waals surface area contributed by atoms with E-state index in [0.717, 1.165) is 11.6 Å². The van der Waals surface area contributed by atoms with Gasteiger partial charge in [-0.05, 0) is 42.7 Å². The van der Waals surface area contributed by atoms with E-state index in [1.54, 1.807) is 32.0 Å². The van der Waals surface area contributed by atoms with E-state index >= 15 is 0 Å². The molecule has 28 heavy (non-hydrogen) atoms. The second-order valence-corrected chi connectivity index (χ2v) is 6.70. The third-order valence-corrected chi connectivity index (χ3v) is 3.97. The van der Waals surface area contributed by atoms with Crippen molar-refractivity contribution in [3.05, 3.63) is 65.5 Å². The number of rotatable bonds is 7. The largest absolute Gasteiger partial charge is 0.454 e. The normalized spacial score (nSPS) is 11.6. The van der Waals surface area contributed by atoms with Crippen LogP contribution in [0, 0.1) is 18.7 Å². The van der Waals surface area contributed by atoms with E-state index in [9.17, 15) is 18.8 Å². The van der Waals surface area contributed by atoms with Crippen molar-refractivity contribution in [1.29, 1.82) is 0 Å². The van der Waals surface area contributed by atoms with Crippen LogP contribution in [0.25, 0.3) is 0 Å². The zero-order chi connectivity index (χ0) is 20.7. The summed E-state index contributed by atoms with van der Waals surface area (Å²) >= 11 is 0. The second-order valence-electron chi connectivity index (χ2n) is 6.70. The third-order valence-electron chi connectivity index (χ3n) is 3.97. The molecule has 0 spiro atoms. The molecule has 0 saturated heterocycles. The molecule has 1 unspecified atom stereocenters. The highest BCUT2D eigenvalue weighted by molar-refractivity contribution is 5.97. The number of esters is 1. The lowest BCUT2D eigenvalue weighted by Gasteiger charge is -2.21. The van der Waals surface area contributed by atoms with E-state index in [4.69, 9.17) is 4.74 Å². The molecule has 0 radical (unpaired) electrons. The van der Waals surface area contributed by atoms with Crippen molar-refractivity contribution in [2.75, 3.05) is 11.9 Å². The second kappa shape index (κ2) is 9.64. The van der Waals surface area contributed by atoms with Crippen molar-refractivity contribution >= 4 is 23.5 Å². The van der Waals surface area contributed by atoms with Crippen molar-refractivity contribution in [2.45, 2.75) is 26.8 Å². The fourth-order valence-electron chi connectivity index (χ4n) is 2.51. The van der Waals surface area contributed by atoms with Gasteiger partial charge in [-0.1, -0.05) is 38.1 Å². The summed E-state index contributed by atoms with van der Waals surface area (Å²) in [5.41, 5.74) is 1.40. The van der Waals surface area contributed by atoms with E-state index in [-0.39, 0.29) is 11.5 Å². The van der Waals surface area contributed by atoms with Crippen LogP contribution in [0.3, 0.4) is 0 Å². The van der Waals surface area contributed by atoms with Gasteiger partial charge in [0.15, 0.2) is 6.61 Å². The number of halogens is 1. The average molecular weight is 386 g/mol. The minimum absolute atomic E-state index is 0.168. The molecule has 0 fully saturated rings. The highest BCUT2D eigenvalue weighted by Crippen LogP contribution is 2.11. The Morgan fingerprint density at radius 3 is 2.43 bits per heavy atom. The molecule has 2 aromatic rings. The van der Waals surface area contributed by atoms with Crippen LogP contribution in [0.15, 0.2) is 48.5 Å². The van der Waals surface area contributed by atoms with Crippen molar-refractivity contribution in [3.63, 3.8) is 0 Å². The summed E-state index contributed by atoms with van der Waals surface area (Å²) in [5, 5.41) is 5.10. The zero-order valence-electron chi connectivity index (χ0n) is 16.0. The summed E-state index contributed by atoms with van der Waals surface area (Å²) in [4.78, 5) is 36.6. The minimum Gasteiger partial charge on any atom is -0.454 e. The van der Waals surface area contributed by atoms with Gasteiger partial charge >= 0.3 is 5.97 Å². The zero-order valence-corrected chi connectivity index (χ0v) is 16.0. The number of hydrogen-bond acceptors (Lipinski definition) is 4. The Hall–Kier alpha value is -3.22. The van der Waals surface area contributed by atoms with Crippen LogP contribution in [-0.2, 0) is 14.3 Å². The van der Waals surface area contributed by atoms with E-state index in [1.807, 2.05) is 13.0 Å². The minimum atomic E-state index is -1.01. The monoisotopic (exact) mass is 386 g/mol. The Morgan fingerprint density at radius 2 is 1.79 bits per heavy atom. The number of amides is 2. The quantitative estimate of drug-likeness (QED) is 0.717. The summed E-state index contributed by atoms with van der Waals surface area (Å²) < 4.78 is 18.8. The first-order chi connectivity index (χ1) is 13.3. The molecular formula is C21H23FN2O4. The van der Waals surface area contributed by atoms with Gasteiger partial charge in [-0.25, -0.2) is 9.18 Å². The average Bonchev–Trinajstić information content (AvgIpc) is 2.64. The van der Waals surface area contributed by atoms with Crippen molar-refractivity contribution in [1.82, 2.24) is 5.32 Å². The first-order valence-electron chi connectivity index (χ1n) is 8.86. The molecule has 2 rings (SSSR count). The lowest BCUT2D eigenvalue weighted by molar-refractivity contribution is -0.150. The Kier molecular flexibility index (Phi) is 7.26. The van der Waals surface area contributed by atoms with E-state index in [0.29, 0.717) is 5.69 Å². The number of ether oxygens (including phenoxy) is 1. The Labute approximate surface area is 163 Å². The first kappa shape index (κ1) is 21.1. The molecule has 7 heteroatoms. The van der Waals surface area contributed by atoms with Crippen molar-refractivity contribution in [3.8, 4) is 0 Å². The number of hydrogen-bond donors (Lipinski definition) is 2. The standard InChI is InChI=1S/C21H23FN2O4/c1-13(2)19(24-20(26)16-9-4-5-10-17(16)22)21(27)28-12-18(25)23-15-8-6-7-14(3)11-15/h4-11,13,19H,12H2,1-3H3,(H,23,25)(H,24,26). The SMILES string of the molecule is Cc1cccc(NC(=O)COC(=O)C(NC(=O)c2ccccc2F)C(C)C)c1. The number of aryl methyl sites for hydroxylation is 1. The van der Waals surface area contributed by atoms with Crippen LogP contribution < -0.4 is 10.6 Å². The lowest BCUT2D eigenvalue weighted by Crippen LogP contribution is -2.46. The van der Waals surface area contributed by atoms with Crippen LogP contribution in [0.5, 0.6) is 0 Å². The Balaban J connectivity index is 1.94. The maximum absolute atomic E-state index is 13.8. The van der Waals surface area contributed by atoms with Crippen LogP contribution in [0.1, 0.15) is 29.8 Å². The molecule has 0 aliphatic rings. The van der Waals surface area contributed by atoms with Gasteiger partial charge < -0.3 is 15.4 Å². The maximum Gasteiger partial charge on any atom is 0.329 e. The number of benzene rings is 2. The number of carbonyl (C=O) groups excluding carboxylic acids is 3. The Morgan fingerprint density at radius 1 is 1.07 bits per heavy atom. The smallest absolute Gasteiger partial charge is 0.329 e. The molecule has 2 N–H and O–H groups in total. The molecule has 0 heterocycles. The van der Waals surface area contributed by atoms with Gasteiger partial charge in [0.1, 0.15) is 11.9 Å². The number of nitrogens with one attached hydrogen (secondary N) is 2. The van der Waals surface area contributed by atoms with E-state index in [2.05, 4.69) is 10.6 Å². The fourth-order valence-corrected chi connectivity index (χ4v) is 2.51. The number of anilines is 1. The van der Waals surface area contributed by atoms with Gasteiger partial charge in [0.05, 0.1) is 5.56 Å². The van der Waals surface area contributed by atoms with Crippen LogP contribution >= 0.6 is 0 Å². The van der Waals surface area contributed by atoms with Gasteiger partial charge in [-0.2, -0.15) is 0 Å². The molecule has 148 valence electrons.